The van der Waals surface area contributed by atoms with Gasteiger partial charge in [-0.3, -0.25) is 14.4 Å². The first-order valence-corrected chi connectivity index (χ1v) is 29.2. The van der Waals surface area contributed by atoms with Crippen molar-refractivity contribution >= 4 is 23.9 Å². The Bertz CT molecular complexity index is 1670. The SMILES string of the molecule is CC/C=C\C/C=C\C/C=C\C/C=C\CCCCCCC(=O)OCC(COC1OC(C(=O)O)C(O)C(O)C1OC(=O)CCCC/C=C\C/C=C\C/C=C\C/C=C\CC)OC(=O)CCCCCCCCCCCCCCC. The van der Waals surface area contributed by atoms with Gasteiger partial charge in [0.05, 0.1) is 6.61 Å². The largest absolute Gasteiger partial charge is 0.479 e. The summed E-state index contributed by atoms with van der Waals surface area (Å²) in [6.07, 6.45) is 53.8. The second-order valence-electron chi connectivity index (χ2n) is 19.5. The average molecular weight is 1050 g/mol. The maximum absolute atomic E-state index is 13.1. The lowest BCUT2D eigenvalue weighted by atomic mass is 9.98. The number of carbonyl (C=O) groups excluding carboxylic acids is 3. The van der Waals surface area contributed by atoms with Gasteiger partial charge < -0.3 is 39.0 Å². The summed E-state index contributed by atoms with van der Waals surface area (Å²) in [6.45, 7) is 5.72. The Hall–Kier alpha value is -4.36. The molecular formula is C63H102O12. The van der Waals surface area contributed by atoms with Crippen LogP contribution in [0.25, 0.3) is 0 Å². The number of esters is 3. The number of ether oxygens (including phenoxy) is 5. The number of rotatable bonds is 48. The van der Waals surface area contributed by atoms with E-state index in [0.717, 1.165) is 103 Å². The number of carboxylic acids is 1. The first kappa shape index (κ1) is 68.7. The summed E-state index contributed by atoms with van der Waals surface area (Å²) in [5.41, 5.74) is 0. The molecule has 0 aromatic rings. The number of aliphatic hydroxyl groups excluding tert-OH is 2. The number of aliphatic hydroxyl groups is 2. The van der Waals surface area contributed by atoms with E-state index in [1.54, 1.807) is 0 Å². The lowest BCUT2D eigenvalue weighted by Crippen LogP contribution is -2.61. The van der Waals surface area contributed by atoms with Crippen LogP contribution in [0.3, 0.4) is 0 Å². The number of unbranched alkanes of at least 4 members (excludes halogenated alkanes) is 18. The molecule has 3 N–H and O–H groups in total. The van der Waals surface area contributed by atoms with Crippen LogP contribution in [0.1, 0.15) is 226 Å². The van der Waals surface area contributed by atoms with E-state index in [4.69, 9.17) is 23.7 Å². The molecule has 12 heteroatoms. The van der Waals surface area contributed by atoms with Gasteiger partial charge in [-0.25, -0.2) is 4.79 Å². The smallest absolute Gasteiger partial charge is 0.335 e. The number of hydrogen-bond acceptors (Lipinski definition) is 11. The van der Waals surface area contributed by atoms with Crippen molar-refractivity contribution in [3.8, 4) is 0 Å². The average Bonchev–Trinajstić information content (AvgIpc) is 3.39. The van der Waals surface area contributed by atoms with Gasteiger partial charge >= 0.3 is 23.9 Å². The van der Waals surface area contributed by atoms with Crippen molar-refractivity contribution in [1.29, 1.82) is 0 Å². The molecule has 0 radical (unpaired) electrons. The number of allylic oxidation sites excluding steroid dienone is 16. The van der Waals surface area contributed by atoms with Crippen molar-refractivity contribution in [2.75, 3.05) is 13.2 Å². The highest BCUT2D eigenvalue weighted by atomic mass is 16.7. The number of carboxylic acid groups (broad SMARTS) is 1. The molecule has 0 amide bonds. The van der Waals surface area contributed by atoms with E-state index in [9.17, 15) is 34.5 Å². The lowest BCUT2D eigenvalue weighted by molar-refractivity contribution is -0.301. The van der Waals surface area contributed by atoms with Crippen LogP contribution in [-0.2, 0) is 42.9 Å². The third-order valence-electron chi connectivity index (χ3n) is 12.7. The molecule has 1 rings (SSSR count). The first-order chi connectivity index (χ1) is 36.6. The van der Waals surface area contributed by atoms with Crippen molar-refractivity contribution < 1.29 is 58.2 Å². The van der Waals surface area contributed by atoms with Crippen LogP contribution in [0.15, 0.2) is 97.2 Å². The van der Waals surface area contributed by atoms with Crippen LogP contribution >= 0.6 is 0 Å². The first-order valence-electron chi connectivity index (χ1n) is 29.2. The second-order valence-corrected chi connectivity index (χ2v) is 19.5. The molecule has 12 nitrogen and oxygen atoms in total. The zero-order chi connectivity index (χ0) is 54.7. The summed E-state index contributed by atoms with van der Waals surface area (Å²) >= 11 is 0. The minimum Gasteiger partial charge on any atom is -0.479 e. The van der Waals surface area contributed by atoms with Gasteiger partial charge in [0.25, 0.3) is 0 Å². The third-order valence-corrected chi connectivity index (χ3v) is 12.7. The van der Waals surface area contributed by atoms with Crippen molar-refractivity contribution in [2.24, 2.45) is 0 Å². The molecule has 0 saturated carbocycles. The van der Waals surface area contributed by atoms with Crippen LogP contribution in [0.5, 0.6) is 0 Å². The molecule has 0 aromatic carbocycles. The van der Waals surface area contributed by atoms with Crippen molar-refractivity contribution in [2.45, 2.75) is 263 Å². The highest BCUT2D eigenvalue weighted by Gasteiger charge is 2.50. The van der Waals surface area contributed by atoms with E-state index < -0.39 is 67.3 Å². The van der Waals surface area contributed by atoms with Crippen molar-refractivity contribution in [1.82, 2.24) is 0 Å². The molecule has 0 bridgehead atoms. The Morgan fingerprint density at radius 3 is 1.31 bits per heavy atom. The number of hydrogen-bond donors (Lipinski definition) is 3. The van der Waals surface area contributed by atoms with Gasteiger partial charge in [0.2, 0.25) is 0 Å². The van der Waals surface area contributed by atoms with E-state index in [1.807, 2.05) is 0 Å². The molecule has 0 aliphatic carbocycles. The van der Waals surface area contributed by atoms with E-state index in [0.29, 0.717) is 25.7 Å². The van der Waals surface area contributed by atoms with Crippen molar-refractivity contribution in [3.05, 3.63) is 97.2 Å². The fourth-order valence-corrected chi connectivity index (χ4v) is 8.23. The molecule has 0 spiro atoms. The van der Waals surface area contributed by atoms with Crippen molar-refractivity contribution in [3.63, 3.8) is 0 Å². The molecule has 1 heterocycles. The molecule has 426 valence electrons. The van der Waals surface area contributed by atoms with Crippen LogP contribution in [0.2, 0.25) is 0 Å². The molecule has 1 saturated heterocycles. The minimum absolute atomic E-state index is 0.00257. The second kappa shape index (κ2) is 50.5. The van der Waals surface area contributed by atoms with E-state index >= 15 is 0 Å². The van der Waals surface area contributed by atoms with Gasteiger partial charge in [-0.05, 0) is 96.3 Å². The van der Waals surface area contributed by atoms with E-state index in [1.165, 1.54) is 57.8 Å². The molecule has 1 aliphatic rings. The van der Waals surface area contributed by atoms with E-state index in [-0.39, 0.29) is 25.9 Å². The molecule has 0 aromatic heterocycles. The van der Waals surface area contributed by atoms with Gasteiger partial charge in [0.1, 0.15) is 18.8 Å². The number of carbonyl (C=O) groups is 4. The molecule has 1 aliphatic heterocycles. The summed E-state index contributed by atoms with van der Waals surface area (Å²) < 4.78 is 28.3. The summed E-state index contributed by atoms with van der Waals surface area (Å²) in [6, 6.07) is 0. The molecule has 6 unspecified atom stereocenters. The fourth-order valence-electron chi connectivity index (χ4n) is 8.23. The number of aliphatic carboxylic acids is 1. The normalized spacial score (nSPS) is 18.9. The standard InChI is InChI=1S/C63H102O12/c1-4-7-10-13-16-19-22-25-27-28-30-32-34-37-40-43-46-49-55(64)71-52-54(73-56(65)50-47-44-41-38-35-31-24-21-18-15-12-9-6-3)53-72-63-61(59(68)58(67)60(75-63)62(69)70)74-57(66)51-48-45-42-39-36-33-29-26-23-20-17-14-11-8-5-2/h7-8,10-11,16-17,19-20,25-27,29-30,32,36,39,54,58-61,63,67-68H,4-6,9,12-15,18,21-24,28,31,33-35,37-38,40-53H2,1-3H3,(H,69,70)/b10-7-,11-8-,19-16-,20-17-,27-25-,29-26-,32-30-,39-36-. The van der Waals surface area contributed by atoms with Gasteiger partial charge in [0, 0.05) is 19.3 Å². The zero-order valence-electron chi connectivity index (χ0n) is 46.8. The predicted molar refractivity (Wildman–Crippen MR) is 303 cm³/mol. The van der Waals surface area contributed by atoms with Gasteiger partial charge in [-0.2, -0.15) is 0 Å². The minimum atomic E-state index is -1.92. The van der Waals surface area contributed by atoms with Crippen LogP contribution in [0.4, 0.5) is 0 Å². The molecule has 75 heavy (non-hydrogen) atoms. The van der Waals surface area contributed by atoms with Crippen LogP contribution < -0.4 is 0 Å². The highest BCUT2D eigenvalue weighted by molar-refractivity contribution is 5.74. The Labute approximate surface area is 453 Å². The van der Waals surface area contributed by atoms with E-state index in [2.05, 4.69) is 118 Å². The quantitative estimate of drug-likeness (QED) is 0.0228. The maximum Gasteiger partial charge on any atom is 0.335 e. The van der Waals surface area contributed by atoms with Crippen LogP contribution in [-0.4, -0.2) is 89.2 Å². The zero-order valence-corrected chi connectivity index (χ0v) is 46.8. The fraction of sp³-hybridized carbons (Fsp3) is 0.683. The monoisotopic (exact) mass is 1050 g/mol. The third kappa shape index (κ3) is 40.6. The Balaban J connectivity index is 2.74. The summed E-state index contributed by atoms with van der Waals surface area (Å²) in [7, 11) is 0. The Morgan fingerprint density at radius 2 is 0.840 bits per heavy atom. The van der Waals surface area contributed by atoms with Gasteiger partial charge in [-0.15, -0.1) is 0 Å². The predicted octanol–water partition coefficient (Wildman–Crippen LogP) is 14.9. The summed E-state index contributed by atoms with van der Waals surface area (Å²) in [5, 5.41) is 31.4. The highest BCUT2D eigenvalue weighted by Crippen LogP contribution is 2.26. The Kier molecular flexibility index (Phi) is 46.2. The summed E-state index contributed by atoms with van der Waals surface area (Å²) in [5.74, 6) is -3.21. The lowest BCUT2D eigenvalue weighted by Gasteiger charge is -2.40. The topological polar surface area (TPSA) is 175 Å². The molecule has 1 fully saturated rings. The molecule has 6 atom stereocenters. The Morgan fingerprint density at radius 1 is 0.453 bits per heavy atom. The van der Waals surface area contributed by atoms with Gasteiger partial charge in [-0.1, -0.05) is 208 Å². The van der Waals surface area contributed by atoms with Crippen LogP contribution in [0, 0.1) is 0 Å². The molecular weight excluding hydrogens is 949 g/mol. The maximum atomic E-state index is 13.1. The summed E-state index contributed by atoms with van der Waals surface area (Å²) in [4.78, 5) is 51.1. The van der Waals surface area contributed by atoms with Gasteiger partial charge in [0.15, 0.2) is 24.6 Å².